The van der Waals surface area contributed by atoms with Crippen molar-refractivity contribution in [3.05, 3.63) is 6.92 Å². The molecule has 0 nitrogen and oxygen atoms in total. The van der Waals surface area contributed by atoms with Crippen molar-refractivity contribution >= 4 is 0 Å². The van der Waals surface area contributed by atoms with E-state index >= 15 is 0 Å². The summed E-state index contributed by atoms with van der Waals surface area (Å²) in [5, 5.41) is 0. The van der Waals surface area contributed by atoms with Crippen LogP contribution in [0.1, 0.15) is 68.2 Å². The molecule has 0 aromatic rings. The molecule has 0 heterocycles. The van der Waals surface area contributed by atoms with Crippen LogP contribution < -0.4 is 0 Å². The minimum Gasteiger partial charge on any atom is -0.0602 e. The summed E-state index contributed by atoms with van der Waals surface area (Å²) in [6.07, 6.45) is 2.53. The first-order valence-corrected chi connectivity index (χ1v) is 6.17. The largest absolute Gasteiger partial charge is 0.0602 e. The van der Waals surface area contributed by atoms with E-state index in [4.69, 9.17) is 0 Å². The van der Waals surface area contributed by atoms with Crippen LogP contribution in [0, 0.1) is 29.1 Å². The molecule has 0 spiro atoms. The fourth-order valence-corrected chi connectivity index (χ4v) is 2.10. The maximum absolute atomic E-state index is 4.34. The molecule has 0 bridgehead atoms. The van der Waals surface area contributed by atoms with Crippen LogP contribution >= 0.6 is 0 Å². The van der Waals surface area contributed by atoms with Gasteiger partial charge < -0.3 is 0 Å². The maximum Gasteiger partial charge on any atom is -0.0325 e. The molecule has 0 N–H and O–H groups in total. The molecule has 0 aromatic heterocycles. The van der Waals surface area contributed by atoms with E-state index in [1.165, 1.54) is 12.8 Å². The first kappa shape index (κ1) is 15.0. The van der Waals surface area contributed by atoms with Gasteiger partial charge in [-0.2, -0.15) is 0 Å². The third-order valence-corrected chi connectivity index (χ3v) is 2.82. The Bertz CT molecular complexity index is 164. The summed E-state index contributed by atoms with van der Waals surface area (Å²) in [4.78, 5) is 0. The van der Waals surface area contributed by atoms with E-state index in [-0.39, 0.29) is 5.41 Å². The second-order valence-electron chi connectivity index (χ2n) is 8.22. The summed E-state index contributed by atoms with van der Waals surface area (Å²) in [6, 6.07) is 0. The second kappa shape index (κ2) is 4.47. The van der Waals surface area contributed by atoms with Gasteiger partial charge in [0, 0.05) is 0 Å². The molecule has 0 atom stereocenters. The van der Waals surface area contributed by atoms with Gasteiger partial charge in [-0.1, -0.05) is 55.4 Å². The zero-order chi connectivity index (χ0) is 12.5. The smallest absolute Gasteiger partial charge is 0.0325 e. The van der Waals surface area contributed by atoms with Crippen molar-refractivity contribution in [3.8, 4) is 0 Å². The van der Waals surface area contributed by atoms with Crippen LogP contribution in [0.3, 0.4) is 0 Å². The maximum atomic E-state index is 4.34. The third kappa shape index (κ3) is 7.88. The van der Waals surface area contributed by atoms with Crippen LogP contribution in [0.25, 0.3) is 0 Å². The van der Waals surface area contributed by atoms with Crippen LogP contribution in [-0.2, 0) is 0 Å². The molecule has 15 heavy (non-hydrogen) atoms. The molecule has 0 saturated carbocycles. The Balaban J connectivity index is 4.62. The molecule has 0 heteroatoms. The standard InChI is InChI=1S/C15H31/c1-13(2,3)10-12(15(7,8)9)11-14(4,5)6/h12H,7,10-11H2,1-6,8-9H3. The van der Waals surface area contributed by atoms with Gasteiger partial charge in [-0.3, -0.25) is 0 Å². The minimum atomic E-state index is 0.181. The van der Waals surface area contributed by atoms with Crippen LogP contribution in [0.15, 0.2) is 0 Å². The molecule has 0 aliphatic carbocycles. The van der Waals surface area contributed by atoms with Gasteiger partial charge in [0.1, 0.15) is 0 Å². The van der Waals surface area contributed by atoms with Crippen molar-refractivity contribution in [1.82, 2.24) is 0 Å². The van der Waals surface area contributed by atoms with E-state index < -0.39 is 0 Å². The van der Waals surface area contributed by atoms with Gasteiger partial charge in [0.2, 0.25) is 0 Å². The zero-order valence-corrected chi connectivity index (χ0v) is 12.2. The molecule has 0 unspecified atom stereocenters. The van der Waals surface area contributed by atoms with Crippen molar-refractivity contribution in [2.45, 2.75) is 68.2 Å². The van der Waals surface area contributed by atoms with Crippen LogP contribution in [-0.4, -0.2) is 0 Å². The van der Waals surface area contributed by atoms with E-state index in [2.05, 4.69) is 62.3 Å². The first-order chi connectivity index (χ1) is 6.31. The molecule has 0 aliphatic heterocycles. The summed E-state index contributed by atoms with van der Waals surface area (Å²) in [7, 11) is 0. The minimum absolute atomic E-state index is 0.181. The first-order valence-electron chi connectivity index (χ1n) is 6.17. The zero-order valence-electron chi connectivity index (χ0n) is 12.2. The molecular formula is C15H31. The molecule has 0 rings (SSSR count). The Kier molecular flexibility index (Phi) is 4.47. The predicted octanol–water partition coefficient (Wildman–Crippen LogP) is 5.34. The summed E-state index contributed by atoms with van der Waals surface area (Å²) in [5.41, 5.74) is 0.996. The number of rotatable bonds is 3. The Morgan fingerprint density at radius 3 is 1.13 bits per heavy atom. The van der Waals surface area contributed by atoms with Crippen LogP contribution in [0.2, 0.25) is 0 Å². The fourth-order valence-electron chi connectivity index (χ4n) is 2.10. The van der Waals surface area contributed by atoms with E-state index in [0.717, 1.165) is 0 Å². The summed E-state index contributed by atoms with van der Waals surface area (Å²) in [6.45, 7) is 22.9. The Labute approximate surface area is 97.8 Å². The summed E-state index contributed by atoms with van der Waals surface area (Å²) >= 11 is 0. The molecule has 0 aliphatic rings. The Hall–Kier alpha value is 0. The SMILES string of the molecule is [CH2]C(C)(C)C(CC(C)(C)C)CC(C)(C)C. The lowest BCUT2D eigenvalue weighted by molar-refractivity contribution is 0.133. The molecule has 0 amide bonds. The number of hydrogen-bond acceptors (Lipinski definition) is 0. The Morgan fingerprint density at radius 1 is 0.733 bits per heavy atom. The van der Waals surface area contributed by atoms with Crippen molar-refractivity contribution < 1.29 is 0 Å². The topological polar surface area (TPSA) is 0 Å². The molecule has 1 radical (unpaired) electrons. The van der Waals surface area contributed by atoms with Crippen molar-refractivity contribution in [3.63, 3.8) is 0 Å². The molecule has 0 aromatic carbocycles. The van der Waals surface area contributed by atoms with E-state index in [1.807, 2.05) is 0 Å². The second-order valence-corrected chi connectivity index (χ2v) is 8.22. The molecule has 0 fully saturated rings. The average Bonchev–Trinajstić information content (AvgIpc) is 1.75. The Morgan fingerprint density at radius 2 is 1.00 bits per heavy atom. The molecular weight excluding hydrogens is 180 g/mol. The van der Waals surface area contributed by atoms with E-state index in [9.17, 15) is 0 Å². The van der Waals surface area contributed by atoms with Gasteiger partial charge in [0.15, 0.2) is 0 Å². The third-order valence-electron chi connectivity index (χ3n) is 2.82. The van der Waals surface area contributed by atoms with Crippen molar-refractivity contribution in [2.24, 2.45) is 22.2 Å². The fraction of sp³-hybridized carbons (Fsp3) is 0.933. The lowest BCUT2D eigenvalue weighted by atomic mass is 9.66. The van der Waals surface area contributed by atoms with Crippen LogP contribution in [0.5, 0.6) is 0 Å². The summed E-state index contributed by atoms with van der Waals surface area (Å²) in [5.74, 6) is 0.706. The normalized spacial score (nSPS) is 14.8. The molecule has 91 valence electrons. The van der Waals surface area contributed by atoms with Gasteiger partial charge >= 0.3 is 0 Å². The quantitative estimate of drug-likeness (QED) is 0.591. The highest BCUT2D eigenvalue weighted by Gasteiger charge is 2.32. The highest BCUT2D eigenvalue weighted by Crippen LogP contribution is 2.42. The lowest BCUT2D eigenvalue weighted by Crippen LogP contribution is -2.29. The van der Waals surface area contributed by atoms with Gasteiger partial charge in [0.25, 0.3) is 0 Å². The van der Waals surface area contributed by atoms with Gasteiger partial charge in [-0.15, -0.1) is 0 Å². The van der Waals surface area contributed by atoms with Crippen LogP contribution in [0.4, 0.5) is 0 Å². The van der Waals surface area contributed by atoms with E-state index in [1.54, 1.807) is 0 Å². The van der Waals surface area contributed by atoms with Gasteiger partial charge in [-0.25, -0.2) is 0 Å². The van der Waals surface area contributed by atoms with Crippen molar-refractivity contribution in [2.75, 3.05) is 0 Å². The predicted molar refractivity (Wildman–Crippen MR) is 70.8 cm³/mol. The molecule has 0 saturated heterocycles. The monoisotopic (exact) mass is 211 g/mol. The van der Waals surface area contributed by atoms with Gasteiger partial charge in [0.05, 0.1) is 0 Å². The highest BCUT2D eigenvalue weighted by molar-refractivity contribution is 4.86. The highest BCUT2D eigenvalue weighted by atomic mass is 14.4. The van der Waals surface area contributed by atoms with E-state index in [0.29, 0.717) is 16.7 Å². The summed E-state index contributed by atoms with van der Waals surface area (Å²) < 4.78 is 0. The van der Waals surface area contributed by atoms with Crippen molar-refractivity contribution in [1.29, 1.82) is 0 Å². The lowest BCUT2D eigenvalue weighted by Gasteiger charge is -2.39. The number of hydrogen-bond donors (Lipinski definition) is 0. The van der Waals surface area contributed by atoms with Gasteiger partial charge in [-0.05, 0) is 41.9 Å². The average molecular weight is 211 g/mol.